The van der Waals surface area contributed by atoms with Gasteiger partial charge in [0, 0.05) is 18.7 Å². The summed E-state index contributed by atoms with van der Waals surface area (Å²) in [6, 6.07) is 0.462. The Kier molecular flexibility index (Phi) is 2.49. The summed E-state index contributed by atoms with van der Waals surface area (Å²) in [4.78, 5) is 10.9. The molecule has 0 unspecified atom stereocenters. The molecule has 1 aromatic rings. The van der Waals surface area contributed by atoms with E-state index in [0.717, 1.165) is 50.9 Å². The van der Waals surface area contributed by atoms with E-state index < -0.39 is 0 Å². The zero-order valence-electron chi connectivity index (χ0n) is 9.20. The molecule has 3 rings (SSSR count). The van der Waals surface area contributed by atoms with Crippen LogP contribution in [0.25, 0.3) is 0 Å². The van der Waals surface area contributed by atoms with E-state index in [1.165, 1.54) is 5.69 Å². The molecule has 3 heterocycles. The van der Waals surface area contributed by atoms with Crippen molar-refractivity contribution in [1.82, 2.24) is 20.4 Å². The first-order valence-corrected chi connectivity index (χ1v) is 5.87. The quantitative estimate of drug-likeness (QED) is 0.700. The second-order valence-corrected chi connectivity index (χ2v) is 4.46. The van der Waals surface area contributed by atoms with Crippen molar-refractivity contribution >= 4 is 6.29 Å². The van der Waals surface area contributed by atoms with Gasteiger partial charge in [-0.25, -0.2) is 0 Å². The maximum Gasteiger partial charge on any atom is 0.170 e. The van der Waals surface area contributed by atoms with E-state index >= 15 is 0 Å². The number of hydrogen-bond acceptors (Lipinski definition) is 4. The Hall–Kier alpha value is -1.20. The molecule has 0 aromatic carbocycles. The highest BCUT2D eigenvalue weighted by atomic mass is 16.1. The van der Waals surface area contributed by atoms with Crippen molar-refractivity contribution in [2.45, 2.75) is 32.0 Å². The van der Waals surface area contributed by atoms with Gasteiger partial charge in [-0.1, -0.05) is 0 Å². The van der Waals surface area contributed by atoms with Crippen LogP contribution in [0.3, 0.4) is 0 Å². The normalized spacial score (nSPS) is 21.0. The summed E-state index contributed by atoms with van der Waals surface area (Å²) in [7, 11) is 0. The lowest BCUT2D eigenvalue weighted by molar-refractivity contribution is 0.111. The second-order valence-electron chi connectivity index (χ2n) is 4.46. The molecule has 5 nitrogen and oxygen atoms in total. The first-order valence-electron chi connectivity index (χ1n) is 5.87. The number of nitrogens with one attached hydrogen (secondary N) is 2. The number of aldehydes is 1. The van der Waals surface area contributed by atoms with Crippen LogP contribution in [-0.4, -0.2) is 29.2 Å². The minimum absolute atomic E-state index is 0.462. The van der Waals surface area contributed by atoms with Crippen molar-refractivity contribution in [3.8, 4) is 0 Å². The van der Waals surface area contributed by atoms with E-state index in [-0.39, 0.29) is 0 Å². The lowest BCUT2D eigenvalue weighted by Crippen LogP contribution is -2.30. The maximum atomic E-state index is 10.9. The first kappa shape index (κ1) is 9.99. The molecule has 5 heteroatoms. The average molecular weight is 220 g/mol. The summed E-state index contributed by atoms with van der Waals surface area (Å²) in [5.41, 5.74) is 2.95. The minimum Gasteiger partial charge on any atom is -0.317 e. The van der Waals surface area contributed by atoms with Gasteiger partial charge in [-0.05, 0) is 25.9 Å². The van der Waals surface area contributed by atoms with Crippen molar-refractivity contribution < 1.29 is 4.79 Å². The number of hydrogen-bond donors (Lipinski definition) is 2. The third kappa shape index (κ3) is 1.47. The number of carbonyl (C=O) groups is 1. The lowest BCUT2D eigenvalue weighted by atomic mass is 10.1. The predicted molar refractivity (Wildman–Crippen MR) is 59.3 cm³/mol. The monoisotopic (exact) mass is 220 g/mol. The third-order valence-corrected chi connectivity index (χ3v) is 3.51. The Bertz CT molecular complexity index is 406. The van der Waals surface area contributed by atoms with Gasteiger partial charge in [0.15, 0.2) is 6.29 Å². The number of carbonyl (C=O) groups excluding carboxylic acids is 1. The molecule has 0 amide bonds. The van der Waals surface area contributed by atoms with Gasteiger partial charge in [0.1, 0.15) is 5.69 Å². The molecule has 0 spiro atoms. The average Bonchev–Trinajstić information content (AvgIpc) is 2.91. The van der Waals surface area contributed by atoms with Gasteiger partial charge in [0.05, 0.1) is 11.7 Å². The summed E-state index contributed by atoms with van der Waals surface area (Å²) in [5.74, 6) is 0. The smallest absolute Gasteiger partial charge is 0.170 e. The number of piperidine rings is 1. The fraction of sp³-hybridized carbons (Fsp3) is 0.636. The number of rotatable bonds is 2. The summed E-state index contributed by atoms with van der Waals surface area (Å²) in [6.07, 6.45) is 3.09. The van der Waals surface area contributed by atoms with Crippen LogP contribution in [0, 0.1) is 0 Å². The molecule has 0 atom stereocenters. The van der Waals surface area contributed by atoms with E-state index in [2.05, 4.69) is 20.4 Å². The van der Waals surface area contributed by atoms with Crippen LogP contribution in [0.2, 0.25) is 0 Å². The second kappa shape index (κ2) is 3.99. The molecule has 86 valence electrons. The van der Waals surface area contributed by atoms with Crippen molar-refractivity contribution in [2.75, 3.05) is 13.1 Å². The fourth-order valence-electron chi connectivity index (χ4n) is 2.66. The zero-order chi connectivity index (χ0) is 11.0. The minimum atomic E-state index is 0.462. The van der Waals surface area contributed by atoms with Gasteiger partial charge in [-0.15, -0.1) is 0 Å². The number of fused-ring (bicyclic) bond motifs is 1. The molecule has 1 saturated heterocycles. The van der Waals surface area contributed by atoms with E-state index in [9.17, 15) is 4.79 Å². The highest BCUT2D eigenvalue weighted by molar-refractivity contribution is 5.75. The molecule has 0 aliphatic carbocycles. The Morgan fingerprint density at radius 3 is 2.81 bits per heavy atom. The Morgan fingerprint density at radius 1 is 1.25 bits per heavy atom. The van der Waals surface area contributed by atoms with Crippen LogP contribution < -0.4 is 10.6 Å². The molecular weight excluding hydrogens is 204 g/mol. The van der Waals surface area contributed by atoms with Crippen LogP contribution in [0.15, 0.2) is 0 Å². The van der Waals surface area contributed by atoms with Crippen molar-refractivity contribution in [3.05, 3.63) is 17.0 Å². The SMILES string of the molecule is O=Cc1nn(C2CCNCC2)c2c1CNC2. The maximum absolute atomic E-state index is 10.9. The number of nitrogens with zero attached hydrogens (tertiary/aromatic N) is 2. The Balaban J connectivity index is 1.97. The number of aromatic nitrogens is 2. The molecule has 0 bridgehead atoms. The van der Waals surface area contributed by atoms with Crippen molar-refractivity contribution in [2.24, 2.45) is 0 Å². The van der Waals surface area contributed by atoms with E-state index in [1.54, 1.807) is 0 Å². The van der Waals surface area contributed by atoms with Crippen molar-refractivity contribution in [1.29, 1.82) is 0 Å². The van der Waals surface area contributed by atoms with Gasteiger partial charge in [0.2, 0.25) is 0 Å². The fourth-order valence-corrected chi connectivity index (χ4v) is 2.66. The van der Waals surface area contributed by atoms with Crippen LogP contribution in [0.1, 0.15) is 40.6 Å². The van der Waals surface area contributed by atoms with E-state index in [0.29, 0.717) is 11.7 Å². The Labute approximate surface area is 94.2 Å². The Morgan fingerprint density at radius 2 is 2.06 bits per heavy atom. The summed E-state index contributed by atoms with van der Waals surface area (Å²) in [6.45, 7) is 3.72. The van der Waals surface area contributed by atoms with Gasteiger partial charge in [0.25, 0.3) is 0 Å². The lowest BCUT2D eigenvalue weighted by Gasteiger charge is -2.24. The highest BCUT2D eigenvalue weighted by Crippen LogP contribution is 2.26. The molecule has 2 N–H and O–H groups in total. The van der Waals surface area contributed by atoms with Gasteiger partial charge < -0.3 is 10.6 Å². The molecule has 0 saturated carbocycles. The van der Waals surface area contributed by atoms with E-state index in [1.807, 2.05) is 0 Å². The molecular formula is C11H16N4O. The predicted octanol–water partition coefficient (Wildman–Crippen LogP) is 0.223. The van der Waals surface area contributed by atoms with Crippen molar-refractivity contribution in [3.63, 3.8) is 0 Å². The van der Waals surface area contributed by atoms with Gasteiger partial charge in [-0.2, -0.15) is 5.10 Å². The van der Waals surface area contributed by atoms with Crippen LogP contribution in [-0.2, 0) is 13.1 Å². The molecule has 0 radical (unpaired) electrons. The largest absolute Gasteiger partial charge is 0.317 e. The molecule has 16 heavy (non-hydrogen) atoms. The van der Waals surface area contributed by atoms with E-state index in [4.69, 9.17) is 0 Å². The summed E-state index contributed by atoms with van der Waals surface area (Å²) >= 11 is 0. The summed E-state index contributed by atoms with van der Waals surface area (Å²) in [5, 5.41) is 11.1. The molecule has 2 aliphatic rings. The van der Waals surface area contributed by atoms with Gasteiger partial charge >= 0.3 is 0 Å². The van der Waals surface area contributed by atoms with Crippen LogP contribution in [0.5, 0.6) is 0 Å². The third-order valence-electron chi connectivity index (χ3n) is 3.51. The highest BCUT2D eigenvalue weighted by Gasteiger charge is 2.26. The molecule has 2 aliphatic heterocycles. The topological polar surface area (TPSA) is 59.0 Å². The summed E-state index contributed by atoms with van der Waals surface area (Å²) < 4.78 is 2.08. The first-order chi connectivity index (χ1) is 7.90. The van der Waals surface area contributed by atoms with Crippen LogP contribution >= 0.6 is 0 Å². The standard InChI is InChI=1S/C11H16N4O/c16-7-10-9-5-13-6-11(9)15(14-10)8-1-3-12-4-2-8/h7-8,12-13H,1-6H2. The zero-order valence-corrected chi connectivity index (χ0v) is 9.20. The molecule has 1 aromatic heterocycles. The molecule has 1 fully saturated rings. The van der Waals surface area contributed by atoms with Gasteiger partial charge in [-0.3, -0.25) is 9.48 Å². The van der Waals surface area contributed by atoms with Crippen LogP contribution in [0.4, 0.5) is 0 Å².